The van der Waals surface area contributed by atoms with Crippen molar-refractivity contribution < 1.29 is 17.9 Å². The summed E-state index contributed by atoms with van der Waals surface area (Å²) in [6.07, 6.45) is 0.201. The molecule has 0 heterocycles. The van der Waals surface area contributed by atoms with Crippen molar-refractivity contribution in [3.8, 4) is 5.75 Å². The summed E-state index contributed by atoms with van der Waals surface area (Å²) >= 11 is 0. The summed E-state index contributed by atoms with van der Waals surface area (Å²) in [6, 6.07) is 4.20. The van der Waals surface area contributed by atoms with Crippen molar-refractivity contribution in [3.63, 3.8) is 0 Å². The van der Waals surface area contributed by atoms with E-state index in [9.17, 15) is 13.2 Å². The molecular weight excluding hydrogens is 255 g/mol. The van der Waals surface area contributed by atoms with Crippen LogP contribution in [0.2, 0.25) is 0 Å². The third-order valence-corrected chi connectivity index (χ3v) is 4.06. The van der Waals surface area contributed by atoms with Gasteiger partial charge in [0.15, 0.2) is 0 Å². The van der Waals surface area contributed by atoms with Crippen molar-refractivity contribution in [2.45, 2.75) is 37.0 Å². The SMILES string of the molecule is COc1cc(F)ccc1C1(CN)CCC(F)(F)CC1. The van der Waals surface area contributed by atoms with Crippen LogP contribution in [0.1, 0.15) is 31.2 Å². The summed E-state index contributed by atoms with van der Waals surface area (Å²) in [6.45, 7) is 0.255. The topological polar surface area (TPSA) is 35.2 Å². The highest BCUT2D eigenvalue weighted by molar-refractivity contribution is 5.41. The van der Waals surface area contributed by atoms with E-state index in [4.69, 9.17) is 10.5 Å². The van der Waals surface area contributed by atoms with Crippen molar-refractivity contribution in [2.24, 2.45) is 5.73 Å². The number of alkyl halides is 2. The molecule has 1 aromatic rings. The Balaban J connectivity index is 2.37. The molecule has 5 heteroatoms. The van der Waals surface area contributed by atoms with E-state index in [1.807, 2.05) is 0 Å². The van der Waals surface area contributed by atoms with Crippen molar-refractivity contribution in [1.29, 1.82) is 0 Å². The molecule has 2 rings (SSSR count). The predicted octanol–water partition coefficient (Wildman–Crippen LogP) is 3.24. The van der Waals surface area contributed by atoms with Crippen LogP contribution in [0.25, 0.3) is 0 Å². The number of ether oxygens (including phenoxy) is 1. The zero-order valence-corrected chi connectivity index (χ0v) is 10.9. The number of benzene rings is 1. The second kappa shape index (κ2) is 5.04. The van der Waals surface area contributed by atoms with Crippen molar-refractivity contribution in [2.75, 3.05) is 13.7 Å². The highest BCUT2D eigenvalue weighted by Crippen LogP contribution is 2.47. The molecule has 2 N–H and O–H groups in total. The lowest BCUT2D eigenvalue weighted by atomic mass is 9.68. The van der Waals surface area contributed by atoms with E-state index in [1.165, 1.54) is 19.2 Å². The number of nitrogens with two attached hydrogens (primary N) is 1. The molecule has 106 valence electrons. The first kappa shape index (κ1) is 14.2. The standard InChI is InChI=1S/C14H18F3NO/c1-19-12-8-10(15)2-3-11(12)13(9-18)4-6-14(16,17)7-5-13/h2-3,8H,4-7,9,18H2,1H3. The molecule has 2 nitrogen and oxygen atoms in total. The molecule has 19 heavy (non-hydrogen) atoms. The quantitative estimate of drug-likeness (QED) is 0.917. The molecule has 0 bridgehead atoms. The fraction of sp³-hybridized carbons (Fsp3) is 0.571. The van der Waals surface area contributed by atoms with Crippen molar-refractivity contribution in [3.05, 3.63) is 29.6 Å². The summed E-state index contributed by atoms with van der Waals surface area (Å²) in [5.41, 5.74) is 6.02. The van der Waals surface area contributed by atoms with Crippen LogP contribution < -0.4 is 10.5 Å². The molecule has 0 unspecified atom stereocenters. The molecule has 0 aliphatic heterocycles. The lowest BCUT2D eigenvalue weighted by molar-refractivity contribution is -0.0511. The molecule has 0 aromatic heterocycles. The fourth-order valence-corrected chi connectivity index (χ4v) is 2.78. The van der Waals surface area contributed by atoms with Crippen LogP contribution in [-0.4, -0.2) is 19.6 Å². The van der Waals surface area contributed by atoms with Gasteiger partial charge in [0.1, 0.15) is 11.6 Å². The summed E-state index contributed by atoms with van der Waals surface area (Å²) in [7, 11) is 1.44. The van der Waals surface area contributed by atoms with Gasteiger partial charge in [0, 0.05) is 36.4 Å². The minimum Gasteiger partial charge on any atom is -0.496 e. The predicted molar refractivity (Wildman–Crippen MR) is 67.1 cm³/mol. The summed E-state index contributed by atoms with van der Waals surface area (Å²) in [4.78, 5) is 0. The second-order valence-corrected chi connectivity index (χ2v) is 5.19. The molecule has 1 aromatic carbocycles. The molecule has 1 aliphatic rings. The van der Waals surface area contributed by atoms with Gasteiger partial charge in [-0.3, -0.25) is 0 Å². The van der Waals surface area contributed by atoms with Gasteiger partial charge in [0.25, 0.3) is 0 Å². The van der Waals surface area contributed by atoms with Gasteiger partial charge in [0.2, 0.25) is 5.92 Å². The van der Waals surface area contributed by atoms with E-state index in [2.05, 4.69) is 0 Å². The van der Waals surface area contributed by atoms with Gasteiger partial charge < -0.3 is 10.5 Å². The largest absolute Gasteiger partial charge is 0.496 e. The maximum Gasteiger partial charge on any atom is 0.248 e. The van der Waals surface area contributed by atoms with E-state index in [-0.39, 0.29) is 19.4 Å². The van der Waals surface area contributed by atoms with E-state index in [1.54, 1.807) is 6.07 Å². The zero-order valence-electron chi connectivity index (χ0n) is 10.9. The number of rotatable bonds is 3. The Kier molecular flexibility index (Phi) is 3.76. The first-order valence-corrected chi connectivity index (χ1v) is 6.34. The minimum atomic E-state index is -2.62. The Labute approximate surface area is 110 Å². The van der Waals surface area contributed by atoms with E-state index < -0.39 is 17.2 Å². The van der Waals surface area contributed by atoms with Gasteiger partial charge in [-0.2, -0.15) is 0 Å². The van der Waals surface area contributed by atoms with Crippen LogP contribution in [0.5, 0.6) is 5.75 Å². The Bertz CT molecular complexity index is 452. The van der Waals surface area contributed by atoms with Crippen LogP contribution >= 0.6 is 0 Å². The third kappa shape index (κ3) is 2.71. The van der Waals surface area contributed by atoms with Crippen molar-refractivity contribution in [1.82, 2.24) is 0 Å². The van der Waals surface area contributed by atoms with Crippen LogP contribution in [0.4, 0.5) is 13.2 Å². The number of hydrogen-bond acceptors (Lipinski definition) is 2. The molecule has 0 spiro atoms. The number of methoxy groups -OCH3 is 1. The van der Waals surface area contributed by atoms with Gasteiger partial charge in [-0.25, -0.2) is 13.2 Å². The number of halogens is 3. The summed E-state index contributed by atoms with van der Waals surface area (Å²) in [5.74, 6) is -2.64. The van der Waals surface area contributed by atoms with E-state index >= 15 is 0 Å². The monoisotopic (exact) mass is 273 g/mol. The molecule has 0 atom stereocenters. The molecular formula is C14H18F3NO. The van der Waals surface area contributed by atoms with Gasteiger partial charge in [-0.05, 0) is 18.9 Å². The first-order chi connectivity index (χ1) is 8.92. The fourth-order valence-electron chi connectivity index (χ4n) is 2.78. The third-order valence-electron chi connectivity index (χ3n) is 4.06. The van der Waals surface area contributed by atoms with Crippen LogP contribution in [0.15, 0.2) is 18.2 Å². The van der Waals surface area contributed by atoms with Gasteiger partial charge in [-0.15, -0.1) is 0 Å². The molecule has 0 saturated heterocycles. The number of hydrogen-bond donors (Lipinski definition) is 1. The Morgan fingerprint density at radius 3 is 2.37 bits per heavy atom. The lowest BCUT2D eigenvalue weighted by Crippen LogP contribution is -2.42. The molecule has 1 saturated carbocycles. The average molecular weight is 273 g/mol. The Morgan fingerprint density at radius 2 is 1.84 bits per heavy atom. The lowest BCUT2D eigenvalue weighted by Gasteiger charge is -2.40. The van der Waals surface area contributed by atoms with Crippen LogP contribution in [-0.2, 0) is 5.41 Å². The summed E-state index contributed by atoms with van der Waals surface area (Å²) in [5, 5.41) is 0. The highest BCUT2D eigenvalue weighted by atomic mass is 19.3. The van der Waals surface area contributed by atoms with E-state index in [0.717, 1.165) is 5.56 Å². The Hall–Kier alpha value is -1.23. The van der Waals surface area contributed by atoms with E-state index in [0.29, 0.717) is 18.6 Å². The molecule has 1 aliphatic carbocycles. The summed E-state index contributed by atoms with van der Waals surface area (Å²) < 4.78 is 45.0. The first-order valence-electron chi connectivity index (χ1n) is 6.34. The normalized spacial score (nSPS) is 21.1. The van der Waals surface area contributed by atoms with Crippen LogP contribution in [0.3, 0.4) is 0 Å². The van der Waals surface area contributed by atoms with Gasteiger partial charge in [-0.1, -0.05) is 6.07 Å². The van der Waals surface area contributed by atoms with Crippen molar-refractivity contribution >= 4 is 0 Å². The molecule has 0 radical (unpaired) electrons. The molecule has 1 fully saturated rings. The maximum atomic E-state index is 13.3. The highest BCUT2D eigenvalue weighted by Gasteiger charge is 2.44. The zero-order chi connectivity index (χ0) is 14.1. The smallest absolute Gasteiger partial charge is 0.248 e. The Morgan fingerprint density at radius 1 is 1.21 bits per heavy atom. The molecule has 0 amide bonds. The second-order valence-electron chi connectivity index (χ2n) is 5.19. The average Bonchev–Trinajstić information content (AvgIpc) is 2.40. The minimum absolute atomic E-state index is 0.190. The van der Waals surface area contributed by atoms with Crippen LogP contribution in [0, 0.1) is 5.82 Å². The van der Waals surface area contributed by atoms with Gasteiger partial charge in [0.05, 0.1) is 7.11 Å². The van der Waals surface area contributed by atoms with Gasteiger partial charge >= 0.3 is 0 Å². The maximum absolute atomic E-state index is 13.3.